The molecule has 2 heterocycles. The molecule has 0 fully saturated rings. The van der Waals surface area contributed by atoms with Crippen LogP contribution in [0.1, 0.15) is 35.0 Å². The van der Waals surface area contributed by atoms with E-state index in [0.717, 1.165) is 11.3 Å². The number of hydrogen-bond acceptors (Lipinski definition) is 6. The molecule has 0 saturated heterocycles. The van der Waals surface area contributed by atoms with E-state index < -0.39 is 29.8 Å². The van der Waals surface area contributed by atoms with Crippen molar-refractivity contribution in [3.63, 3.8) is 0 Å². The molecule has 0 spiro atoms. The van der Waals surface area contributed by atoms with Gasteiger partial charge in [-0.1, -0.05) is 48.5 Å². The zero-order valence-corrected chi connectivity index (χ0v) is 23.2. The molecule has 3 atom stereocenters. The van der Waals surface area contributed by atoms with E-state index >= 15 is 0 Å². The van der Waals surface area contributed by atoms with Crippen LogP contribution in [0.15, 0.2) is 79.0 Å². The predicted molar refractivity (Wildman–Crippen MR) is 153 cm³/mol. The minimum Gasteiger partial charge on any atom is -0.491 e. The number of carbonyl (C=O) groups is 4. The van der Waals surface area contributed by atoms with Gasteiger partial charge in [0.1, 0.15) is 24.4 Å². The first-order valence-corrected chi connectivity index (χ1v) is 13.6. The van der Waals surface area contributed by atoms with Crippen LogP contribution in [0, 0.1) is 0 Å². The van der Waals surface area contributed by atoms with Crippen LogP contribution in [-0.2, 0) is 27.2 Å². The lowest BCUT2D eigenvalue weighted by Crippen LogP contribution is -2.54. The lowest BCUT2D eigenvalue weighted by molar-refractivity contribution is -0.137. The van der Waals surface area contributed by atoms with E-state index in [0.29, 0.717) is 18.6 Å². The Hall–Kier alpha value is -4.73. The molecule has 41 heavy (non-hydrogen) atoms. The quantitative estimate of drug-likeness (QED) is 0.425. The first-order valence-electron chi connectivity index (χ1n) is 13.6. The first-order chi connectivity index (χ1) is 19.8. The maximum absolute atomic E-state index is 13.4. The molecule has 10 heteroatoms. The second-order valence-corrected chi connectivity index (χ2v) is 9.98. The molecule has 4 amide bonds. The van der Waals surface area contributed by atoms with Gasteiger partial charge in [0.25, 0.3) is 5.91 Å². The van der Waals surface area contributed by atoms with Crippen LogP contribution in [0.4, 0.5) is 0 Å². The fourth-order valence-electron chi connectivity index (χ4n) is 4.62. The van der Waals surface area contributed by atoms with Gasteiger partial charge in [-0.2, -0.15) is 0 Å². The molecular weight excluding hydrogens is 522 g/mol. The van der Waals surface area contributed by atoms with E-state index in [1.807, 2.05) is 42.5 Å². The third kappa shape index (κ3) is 8.14. The van der Waals surface area contributed by atoms with Crippen LogP contribution in [0.25, 0.3) is 0 Å². The van der Waals surface area contributed by atoms with E-state index in [1.54, 1.807) is 55.4 Å². The highest BCUT2D eigenvalue weighted by Crippen LogP contribution is 2.20. The maximum atomic E-state index is 13.4. The van der Waals surface area contributed by atoms with Gasteiger partial charge in [-0.05, 0) is 43.2 Å². The number of nitrogens with zero attached hydrogens (tertiary/aromatic N) is 2. The lowest BCUT2D eigenvalue weighted by atomic mass is 10.0. The summed E-state index contributed by atoms with van der Waals surface area (Å²) in [7, 11) is 1.67. The summed E-state index contributed by atoms with van der Waals surface area (Å²) < 4.78 is 6.12. The summed E-state index contributed by atoms with van der Waals surface area (Å²) in [5.74, 6) is -1.59. The summed E-state index contributed by atoms with van der Waals surface area (Å²) in [6, 6.07) is 19.5. The smallest absolute Gasteiger partial charge is 0.255 e. The molecule has 3 aromatic rings. The van der Waals surface area contributed by atoms with Gasteiger partial charge in [-0.15, -0.1) is 0 Å². The number of amides is 4. The minimum atomic E-state index is -1.17. The highest BCUT2D eigenvalue weighted by molar-refractivity contribution is 6.01. The van der Waals surface area contributed by atoms with Crippen molar-refractivity contribution in [2.45, 2.75) is 44.3 Å². The van der Waals surface area contributed by atoms with Crippen LogP contribution in [0.5, 0.6) is 5.75 Å². The van der Waals surface area contributed by atoms with Crippen molar-refractivity contribution in [2.75, 3.05) is 20.2 Å². The van der Waals surface area contributed by atoms with Crippen LogP contribution < -0.4 is 20.7 Å². The van der Waals surface area contributed by atoms with Gasteiger partial charge in [0, 0.05) is 31.9 Å². The highest BCUT2D eigenvalue weighted by atomic mass is 16.5. The van der Waals surface area contributed by atoms with Crippen LogP contribution in [0.2, 0.25) is 0 Å². The van der Waals surface area contributed by atoms with E-state index in [2.05, 4.69) is 20.9 Å². The summed E-state index contributed by atoms with van der Waals surface area (Å²) in [5, 5.41) is 8.15. The SMILES string of the molecule is C[C@@H]1NC(=O)C[C@@H](C(=O)NCCc2ccccn2)NC(=O)c2ccccc2OC[C@H](Cc2ccccc2)N(C)C1=O. The third-order valence-corrected chi connectivity index (χ3v) is 6.94. The van der Waals surface area contributed by atoms with Gasteiger partial charge in [-0.3, -0.25) is 24.2 Å². The van der Waals surface area contributed by atoms with Gasteiger partial charge in [-0.25, -0.2) is 0 Å². The maximum Gasteiger partial charge on any atom is 0.255 e. The largest absolute Gasteiger partial charge is 0.491 e. The molecule has 10 nitrogen and oxygen atoms in total. The molecule has 0 saturated carbocycles. The molecule has 2 aromatic carbocycles. The van der Waals surface area contributed by atoms with Gasteiger partial charge in [0.2, 0.25) is 17.7 Å². The van der Waals surface area contributed by atoms with E-state index in [1.165, 1.54) is 0 Å². The molecule has 1 aromatic heterocycles. The molecule has 0 bridgehead atoms. The standard InChI is InChI=1S/C31H35N5O5/c1-21-31(40)36(2)24(18-22-10-4-3-5-11-22)20-41-27-14-7-6-13-25(27)29(38)35-26(19-28(37)34-21)30(39)33-17-15-23-12-8-9-16-32-23/h3-14,16,21,24,26H,15,17-20H2,1-2H3,(H,33,39)(H,34,37)(H,35,38)/t21-,24-,26-/m0/s1. The Balaban J connectivity index is 1.56. The van der Waals surface area contributed by atoms with Crippen LogP contribution in [0.3, 0.4) is 0 Å². The summed E-state index contributed by atoms with van der Waals surface area (Å²) in [6.45, 7) is 1.98. The molecular formula is C31H35N5O5. The Morgan fingerprint density at radius 2 is 1.73 bits per heavy atom. The Labute approximate surface area is 239 Å². The van der Waals surface area contributed by atoms with E-state index in [4.69, 9.17) is 4.74 Å². The highest BCUT2D eigenvalue weighted by Gasteiger charge is 2.30. The number of rotatable bonds is 6. The Morgan fingerprint density at radius 3 is 2.49 bits per heavy atom. The number of fused-ring (bicyclic) bond motifs is 1. The lowest BCUT2D eigenvalue weighted by Gasteiger charge is -2.31. The van der Waals surface area contributed by atoms with E-state index in [-0.39, 0.29) is 37.1 Å². The molecule has 0 unspecified atom stereocenters. The van der Waals surface area contributed by atoms with Crippen LogP contribution in [-0.4, -0.2) is 71.8 Å². The molecule has 1 aliphatic rings. The summed E-state index contributed by atoms with van der Waals surface area (Å²) in [5.41, 5.74) is 2.03. The topological polar surface area (TPSA) is 130 Å². The van der Waals surface area contributed by atoms with Crippen molar-refractivity contribution < 1.29 is 23.9 Å². The fraction of sp³-hybridized carbons (Fsp3) is 0.323. The number of pyridine rings is 1. The van der Waals surface area contributed by atoms with Crippen molar-refractivity contribution in [1.29, 1.82) is 0 Å². The number of para-hydroxylation sites is 1. The van der Waals surface area contributed by atoms with Crippen molar-refractivity contribution in [2.24, 2.45) is 0 Å². The predicted octanol–water partition coefficient (Wildman–Crippen LogP) is 1.90. The number of likely N-dealkylation sites (N-methyl/N-ethyl adjacent to an activating group) is 1. The van der Waals surface area contributed by atoms with Crippen molar-refractivity contribution in [1.82, 2.24) is 25.8 Å². The number of ether oxygens (including phenoxy) is 1. The summed E-state index contributed by atoms with van der Waals surface area (Å²) >= 11 is 0. The number of hydrogen-bond donors (Lipinski definition) is 3. The van der Waals surface area contributed by atoms with Gasteiger partial charge in [0.05, 0.1) is 18.0 Å². The Morgan fingerprint density at radius 1 is 1.00 bits per heavy atom. The average molecular weight is 558 g/mol. The Kier molecular flexibility index (Phi) is 10.0. The average Bonchev–Trinajstić information content (AvgIpc) is 2.98. The van der Waals surface area contributed by atoms with Gasteiger partial charge >= 0.3 is 0 Å². The second kappa shape index (κ2) is 14.1. The van der Waals surface area contributed by atoms with Crippen molar-refractivity contribution in [3.8, 4) is 5.75 Å². The summed E-state index contributed by atoms with van der Waals surface area (Å²) in [4.78, 5) is 58.6. The molecule has 4 rings (SSSR count). The molecule has 214 valence electrons. The number of carbonyl (C=O) groups excluding carboxylic acids is 4. The van der Waals surface area contributed by atoms with Crippen molar-refractivity contribution in [3.05, 3.63) is 95.8 Å². The van der Waals surface area contributed by atoms with E-state index in [9.17, 15) is 19.2 Å². The van der Waals surface area contributed by atoms with Crippen molar-refractivity contribution >= 4 is 23.6 Å². The fourth-order valence-corrected chi connectivity index (χ4v) is 4.62. The number of benzene rings is 2. The second-order valence-electron chi connectivity index (χ2n) is 9.98. The molecule has 1 aliphatic heterocycles. The van der Waals surface area contributed by atoms with Gasteiger partial charge in [0.15, 0.2) is 0 Å². The first kappa shape index (κ1) is 29.3. The zero-order chi connectivity index (χ0) is 29.2. The third-order valence-electron chi connectivity index (χ3n) is 6.94. The zero-order valence-electron chi connectivity index (χ0n) is 23.2. The molecule has 3 N–H and O–H groups in total. The summed E-state index contributed by atoms with van der Waals surface area (Å²) in [6.07, 6.45) is 2.32. The number of aromatic nitrogens is 1. The normalized spacial score (nSPS) is 20.1. The minimum absolute atomic E-state index is 0.111. The monoisotopic (exact) mass is 557 g/mol. The van der Waals surface area contributed by atoms with Crippen LogP contribution >= 0.6 is 0 Å². The van der Waals surface area contributed by atoms with Gasteiger partial charge < -0.3 is 25.6 Å². The number of nitrogens with one attached hydrogen (secondary N) is 3. The Bertz CT molecular complexity index is 1350. The molecule has 0 aliphatic carbocycles. The molecule has 0 radical (unpaired) electrons.